The third kappa shape index (κ3) is 6.29. The van der Waals surface area contributed by atoms with Gasteiger partial charge in [0.1, 0.15) is 18.1 Å². The number of aromatic nitrogens is 2. The molecule has 0 bridgehead atoms. The van der Waals surface area contributed by atoms with Crippen molar-refractivity contribution in [3.63, 3.8) is 0 Å². The molecule has 1 aromatic heterocycles. The van der Waals surface area contributed by atoms with Crippen molar-refractivity contribution in [3.8, 4) is 5.75 Å². The second kappa shape index (κ2) is 12.7. The standard InChI is InChI=1S/C29H20Cl3N3O4S2/c1-2-13-39-21-11-6-16(7-12-21)24-23(25(36)17-3-8-19(30)9-4-17)26(37)27(38)35(24)28-33-34-29(41-28)40-15-18-5-10-20(31)14-22(18)32/h2-12,14,24,36H,1,13,15H2/b25-23-. The summed E-state index contributed by atoms with van der Waals surface area (Å²) in [5.41, 5.74) is 1.70. The molecule has 0 spiro atoms. The molecule has 0 saturated carbocycles. The van der Waals surface area contributed by atoms with Crippen molar-refractivity contribution in [2.24, 2.45) is 0 Å². The minimum atomic E-state index is -0.962. The number of amides is 1. The van der Waals surface area contributed by atoms with Gasteiger partial charge in [-0.25, -0.2) is 0 Å². The Bertz CT molecular complexity index is 1660. The van der Waals surface area contributed by atoms with Crippen molar-refractivity contribution in [2.45, 2.75) is 16.1 Å². The summed E-state index contributed by atoms with van der Waals surface area (Å²) >= 11 is 20.8. The Morgan fingerprint density at radius 2 is 1.73 bits per heavy atom. The predicted molar refractivity (Wildman–Crippen MR) is 164 cm³/mol. The van der Waals surface area contributed by atoms with Crippen LogP contribution in [0, 0.1) is 0 Å². The molecular weight excluding hydrogens is 625 g/mol. The Hall–Kier alpha value is -3.34. The third-order valence-corrected chi connectivity index (χ3v) is 9.04. The summed E-state index contributed by atoms with van der Waals surface area (Å²) < 4.78 is 6.15. The van der Waals surface area contributed by atoms with Gasteiger partial charge in [0.05, 0.1) is 11.6 Å². The van der Waals surface area contributed by atoms with Gasteiger partial charge in [-0.3, -0.25) is 14.5 Å². The number of Topliss-reactive ketones (excluding diaryl/α,β-unsaturated/α-hetero) is 1. The molecule has 0 aliphatic carbocycles. The Kier molecular flexibility index (Phi) is 9.01. The Balaban J connectivity index is 1.52. The van der Waals surface area contributed by atoms with Gasteiger partial charge >= 0.3 is 5.91 Å². The number of aliphatic hydroxyl groups excluding tert-OH is 1. The van der Waals surface area contributed by atoms with Gasteiger partial charge < -0.3 is 9.84 Å². The second-order valence-corrected chi connectivity index (χ2v) is 12.2. The van der Waals surface area contributed by atoms with E-state index in [-0.39, 0.29) is 16.5 Å². The maximum atomic E-state index is 13.4. The molecule has 1 N–H and O–H groups in total. The summed E-state index contributed by atoms with van der Waals surface area (Å²) in [7, 11) is 0. The van der Waals surface area contributed by atoms with Gasteiger partial charge in [0.25, 0.3) is 5.78 Å². The number of hydrogen-bond donors (Lipinski definition) is 1. The molecule has 1 amide bonds. The zero-order valence-corrected chi connectivity index (χ0v) is 25.0. The van der Waals surface area contributed by atoms with E-state index in [9.17, 15) is 14.7 Å². The van der Waals surface area contributed by atoms with E-state index in [2.05, 4.69) is 16.8 Å². The highest BCUT2D eigenvalue weighted by molar-refractivity contribution is 8.00. The van der Waals surface area contributed by atoms with Crippen LogP contribution in [0.5, 0.6) is 5.75 Å². The molecule has 4 aromatic rings. The van der Waals surface area contributed by atoms with E-state index in [0.717, 1.165) is 16.9 Å². The van der Waals surface area contributed by atoms with Crippen molar-refractivity contribution < 1.29 is 19.4 Å². The molecule has 0 radical (unpaired) electrons. The maximum Gasteiger partial charge on any atom is 0.301 e. The van der Waals surface area contributed by atoms with Crippen LogP contribution >= 0.6 is 57.9 Å². The van der Waals surface area contributed by atoms with Gasteiger partial charge in [0, 0.05) is 26.4 Å². The first-order chi connectivity index (χ1) is 19.8. The molecule has 1 atom stereocenters. The van der Waals surface area contributed by atoms with E-state index in [0.29, 0.717) is 48.6 Å². The van der Waals surface area contributed by atoms with Gasteiger partial charge in [-0.1, -0.05) is 88.8 Å². The van der Waals surface area contributed by atoms with E-state index in [1.807, 2.05) is 6.07 Å². The summed E-state index contributed by atoms with van der Waals surface area (Å²) in [6.07, 6.45) is 1.63. The molecule has 3 aromatic carbocycles. The molecule has 1 unspecified atom stereocenters. The Morgan fingerprint density at radius 3 is 2.41 bits per heavy atom. The lowest BCUT2D eigenvalue weighted by molar-refractivity contribution is -0.132. The number of ketones is 1. The SMILES string of the molecule is C=CCOc1ccc(C2/C(=C(/O)c3ccc(Cl)cc3)C(=O)C(=O)N2c2nnc(SCc3ccc(Cl)cc3Cl)s2)cc1. The van der Waals surface area contributed by atoms with Crippen LogP contribution in [-0.4, -0.2) is 33.6 Å². The molecule has 1 aliphatic rings. The number of carbonyl (C=O) groups excluding carboxylic acids is 2. The largest absolute Gasteiger partial charge is 0.507 e. The topological polar surface area (TPSA) is 92.6 Å². The molecule has 1 aliphatic heterocycles. The molecule has 5 rings (SSSR count). The fourth-order valence-corrected chi connectivity index (χ4v) is 6.70. The lowest BCUT2D eigenvalue weighted by atomic mass is 9.95. The van der Waals surface area contributed by atoms with Crippen molar-refractivity contribution >= 4 is 80.5 Å². The van der Waals surface area contributed by atoms with Crippen LogP contribution in [-0.2, 0) is 15.3 Å². The number of rotatable bonds is 9. The zero-order valence-electron chi connectivity index (χ0n) is 21.1. The van der Waals surface area contributed by atoms with Gasteiger partial charge in [-0.2, -0.15) is 0 Å². The van der Waals surface area contributed by atoms with Gasteiger partial charge in [-0.15, -0.1) is 10.2 Å². The fraction of sp³-hybridized carbons (Fsp3) is 0.103. The molecule has 208 valence electrons. The average Bonchev–Trinajstić information content (AvgIpc) is 3.53. The molecule has 41 heavy (non-hydrogen) atoms. The van der Waals surface area contributed by atoms with E-state index in [4.69, 9.17) is 39.5 Å². The first-order valence-electron chi connectivity index (χ1n) is 12.1. The van der Waals surface area contributed by atoms with Crippen molar-refractivity contribution in [1.29, 1.82) is 0 Å². The predicted octanol–water partition coefficient (Wildman–Crippen LogP) is 7.98. The number of halogens is 3. The number of aliphatic hydroxyl groups is 1. The monoisotopic (exact) mass is 643 g/mol. The molecule has 7 nitrogen and oxygen atoms in total. The molecular formula is C29H20Cl3N3O4S2. The van der Waals surface area contributed by atoms with E-state index in [1.54, 1.807) is 66.7 Å². The Morgan fingerprint density at radius 1 is 1.02 bits per heavy atom. The number of ether oxygens (including phenoxy) is 1. The minimum absolute atomic E-state index is 0.0746. The first kappa shape index (κ1) is 29.2. The second-order valence-electron chi connectivity index (χ2n) is 8.72. The molecule has 1 fully saturated rings. The van der Waals surface area contributed by atoms with E-state index >= 15 is 0 Å². The van der Waals surface area contributed by atoms with E-state index in [1.165, 1.54) is 16.7 Å². The normalized spacial score (nSPS) is 16.3. The molecule has 12 heteroatoms. The van der Waals surface area contributed by atoms with Crippen molar-refractivity contribution in [1.82, 2.24) is 10.2 Å². The summed E-state index contributed by atoms with van der Waals surface area (Å²) in [6.45, 7) is 3.97. The van der Waals surface area contributed by atoms with Crippen LogP contribution in [0.4, 0.5) is 5.13 Å². The fourth-order valence-electron chi connectivity index (χ4n) is 4.15. The van der Waals surface area contributed by atoms with Crippen molar-refractivity contribution in [3.05, 3.63) is 117 Å². The van der Waals surface area contributed by atoms with Gasteiger partial charge in [0.2, 0.25) is 5.13 Å². The summed E-state index contributed by atoms with van der Waals surface area (Å²) in [5.74, 6) is -0.914. The number of hydrogen-bond acceptors (Lipinski definition) is 8. The lowest BCUT2D eigenvalue weighted by Gasteiger charge is -2.22. The molecule has 2 heterocycles. The van der Waals surface area contributed by atoms with Gasteiger partial charge in [-0.05, 0) is 59.7 Å². The highest BCUT2D eigenvalue weighted by Crippen LogP contribution is 2.44. The summed E-state index contributed by atoms with van der Waals surface area (Å²) in [4.78, 5) is 28.1. The van der Waals surface area contributed by atoms with E-state index < -0.39 is 17.7 Å². The number of thioether (sulfide) groups is 1. The van der Waals surface area contributed by atoms with Crippen LogP contribution in [0.3, 0.4) is 0 Å². The zero-order chi connectivity index (χ0) is 29.1. The number of nitrogens with zero attached hydrogens (tertiary/aromatic N) is 3. The number of anilines is 1. The smallest absolute Gasteiger partial charge is 0.301 e. The summed E-state index contributed by atoms with van der Waals surface area (Å²) in [6, 6.07) is 17.5. The van der Waals surface area contributed by atoms with Crippen LogP contribution in [0.25, 0.3) is 5.76 Å². The minimum Gasteiger partial charge on any atom is -0.507 e. The lowest BCUT2D eigenvalue weighted by Crippen LogP contribution is -2.29. The van der Waals surface area contributed by atoms with Crippen LogP contribution < -0.4 is 9.64 Å². The quantitative estimate of drug-likeness (QED) is 0.0493. The van der Waals surface area contributed by atoms with Crippen LogP contribution in [0.15, 0.2) is 89.3 Å². The molecule has 1 saturated heterocycles. The van der Waals surface area contributed by atoms with Gasteiger partial charge in [0.15, 0.2) is 4.34 Å². The maximum absolute atomic E-state index is 13.4. The highest BCUT2D eigenvalue weighted by Gasteiger charge is 2.48. The number of benzene rings is 3. The number of carbonyl (C=O) groups is 2. The third-order valence-electron chi connectivity index (χ3n) is 6.09. The average molecular weight is 645 g/mol. The summed E-state index contributed by atoms with van der Waals surface area (Å²) in [5, 5.41) is 21.5. The van der Waals surface area contributed by atoms with Crippen LogP contribution in [0.2, 0.25) is 15.1 Å². The Labute approximate surface area is 259 Å². The highest BCUT2D eigenvalue weighted by atomic mass is 35.5. The van der Waals surface area contributed by atoms with Crippen molar-refractivity contribution in [2.75, 3.05) is 11.5 Å². The first-order valence-corrected chi connectivity index (χ1v) is 15.0. The van der Waals surface area contributed by atoms with Crippen LogP contribution in [0.1, 0.15) is 22.7 Å².